The number of benzene rings is 2. The molecule has 0 bridgehead atoms. The van der Waals surface area contributed by atoms with Crippen molar-refractivity contribution in [2.45, 2.75) is 20.0 Å². The van der Waals surface area contributed by atoms with E-state index in [2.05, 4.69) is 5.32 Å². The summed E-state index contributed by atoms with van der Waals surface area (Å²) in [7, 11) is 0. The Morgan fingerprint density at radius 1 is 1.00 bits per heavy atom. The van der Waals surface area contributed by atoms with E-state index >= 15 is 0 Å². The first-order chi connectivity index (χ1) is 11.9. The predicted octanol–water partition coefficient (Wildman–Crippen LogP) is 4.97. The van der Waals surface area contributed by atoms with Gasteiger partial charge < -0.3 is 10.1 Å². The normalized spacial score (nSPS) is 11.3. The number of carbonyl (C=O) groups is 2. The first kappa shape index (κ1) is 19.0. The van der Waals surface area contributed by atoms with Crippen LogP contribution in [0.1, 0.15) is 19.4 Å². The Labute approximate surface area is 156 Å². The summed E-state index contributed by atoms with van der Waals surface area (Å²) in [5.41, 5.74) is 1.54. The van der Waals surface area contributed by atoms with Crippen molar-refractivity contribution >= 4 is 46.3 Å². The maximum Gasteiger partial charge on any atom is 0.379 e. The van der Waals surface area contributed by atoms with Crippen LogP contribution in [0.25, 0.3) is 5.70 Å². The monoisotopic (exact) mass is 377 g/mol. The summed E-state index contributed by atoms with van der Waals surface area (Å²) < 4.78 is 4.93. The zero-order valence-electron chi connectivity index (χ0n) is 13.8. The molecular formula is C19H17Cl2NO3. The third-order valence-electron chi connectivity index (χ3n) is 3.13. The molecule has 0 aliphatic rings. The van der Waals surface area contributed by atoms with Gasteiger partial charge >= 0.3 is 5.97 Å². The van der Waals surface area contributed by atoms with E-state index in [1.807, 2.05) is 18.2 Å². The number of rotatable bonds is 6. The molecule has 0 saturated carbocycles. The minimum absolute atomic E-state index is 0.379. The summed E-state index contributed by atoms with van der Waals surface area (Å²) in [4.78, 5) is 24.0. The molecule has 0 aliphatic heterocycles. The molecule has 130 valence electrons. The highest BCUT2D eigenvalue weighted by Gasteiger charge is 2.17. The smallest absolute Gasteiger partial charge is 0.379 e. The lowest BCUT2D eigenvalue weighted by molar-refractivity contribution is -0.154. The van der Waals surface area contributed by atoms with E-state index in [1.54, 1.807) is 44.2 Å². The molecule has 2 aromatic rings. The molecule has 25 heavy (non-hydrogen) atoms. The quantitative estimate of drug-likeness (QED) is 0.438. The van der Waals surface area contributed by atoms with E-state index in [1.165, 1.54) is 6.08 Å². The lowest BCUT2D eigenvalue weighted by Gasteiger charge is -2.14. The summed E-state index contributed by atoms with van der Waals surface area (Å²) in [6.45, 7) is 3.35. The number of carbonyl (C=O) groups excluding carboxylic acids is 2. The maximum absolute atomic E-state index is 12.2. The average molecular weight is 378 g/mol. The average Bonchev–Trinajstić information content (AvgIpc) is 2.57. The molecule has 2 aromatic carbocycles. The van der Waals surface area contributed by atoms with Gasteiger partial charge in [-0.15, -0.1) is 0 Å². The molecule has 6 heteroatoms. The Kier molecular flexibility index (Phi) is 6.62. The summed E-state index contributed by atoms with van der Waals surface area (Å²) in [5.74, 6) is -1.70. The second-order valence-electron chi connectivity index (χ2n) is 5.46. The van der Waals surface area contributed by atoms with Crippen molar-refractivity contribution in [3.8, 4) is 0 Å². The SMILES string of the molecule is CC(C)OC(=O)C(=O)/C=C(\Nc1c(Cl)cccc1Cl)c1ccccc1. The van der Waals surface area contributed by atoms with Crippen LogP contribution < -0.4 is 5.32 Å². The van der Waals surface area contributed by atoms with Gasteiger partial charge in [-0.2, -0.15) is 0 Å². The second kappa shape index (κ2) is 8.70. The molecule has 0 aromatic heterocycles. The molecule has 0 spiro atoms. The van der Waals surface area contributed by atoms with Crippen LogP contribution in [0.4, 0.5) is 5.69 Å². The third-order valence-corrected chi connectivity index (χ3v) is 3.76. The Morgan fingerprint density at radius 3 is 2.16 bits per heavy atom. The van der Waals surface area contributed by atoms with Crippen LogP contribution in [-0.2, 0) is 14.3 Å². The van der Waals surface area contributed by atoms with Crippen molar-refractivity contribution in [3.63, 3.8) is 0 Å². The molecule has 2 rings (SSSR count). The van der Waals surface area contributed by atoms with Crippen molar-refractivity contribution in [2.75, 3.05) is 5.32 Å². The standard InChI is InChI=1S/C19H17Cl2NO3/c1-12(2)25-19(24)17(23)11-16(13-7-4-3-5-8-13)22-18-14(20)9-6-10-15(18)21/h3-12,22H,1-2H3/b16-11-. The van der Waals surface area contributed by atoms with Gasteiger partial charge in [0.05, 0.1) is 27.5 Å². The molecule has 1 N–H and O–H groups in total. The lowest BCUT2D eigenvalue weighted by Crippen LogP contribution is -2.20. The van der Waals surface area contributed by atoms with E-state index < -0.39 is 11.8 Å². The fourth-order valence-electron chi connectivity index (χ4n) is 2.02. The van der Waals surface area contributed by atoms with E-state index in [9.17, 15) is 9.59 Å². The van der Waals surface area contributed by atoms with Gasteiger partial charge in [0.2, 0.25) is 0 Å². The van der Waals surface area contributed by atoms with Gasteiger partial charge in [-0.25, -0.2) is 4.79 Å². The summed E-state index contributed by atoms with van der Waals surface area (Å²) >= 11 is 12.4. The van der Waals surface area contributed by atoms with Crippen LogP contribution in [-0.4, -0.2) is 17.9 Å². The van der Waals surface area contributed by atoms with Gasteiger partial charge in [0.15, 0.2) is 0 Å². The molecule has 0 fully saturated rings. The van der Waals surface area contributed by atoms with Crippen LogP contribution in [0.5, 0.6) is 0 Å². The maximum atomic E-state index is 12.2. The van der Waals surface area contributed by atoms with Crippen LogP contribution in [0, 0.1) is 0 Å². The number of hydrogen-bond donors (Lipinski definition) is 1. The van der Waals surface area contributed by atoms with Gasteiger partial charge in [0.25, 0.3) is 5.78 Å². The number of para-hydroxylation sites is 1. The molecule has 4 nitrogen and oxygen atoms in total. The van der Waals surface area contributed by atoms with Gasteiger partial charge in [-0.3, -0.25) is 4.79 Å². The van der Waals surface area contributed by atoms with Gasteiger partial charge in [0.1, 0.15) is 0 Å². The lowest BCUT2D eigenvalue weighted by atomic mass is 10.1. The Bertz CT molecular complexity index is 781. The minimum Gasteiger partial charge on any atom is -0.457 e. The predicted molar refractivity (Wildman–Crippen MR) is 101 cm³/mol. The molecular weight excluding hydrogens is 361 g/mol. The van der Waals surface area contributed by atoms with Crippen molar-refractivity contribution < 1.29 is 14.3 Å². The Balaban J connectivity index is 2.39. The van der Waals surface area contributed by atoms with E-state index in [4.69, 9.17) is 27.9 Å². The zero-order chi connectivity index (χ0) is 18.4. The Morgan fingerprint density at radius 2 is 1.60 bits per heavy atom. The molecule has 0 radical (unpaired) electrons. The van der Waals surface area contributed by atoms with Crippen LogP contribution in [0.15, 0.2) is 54.6 Å². The minimum atomic E-state index is -0.921. The fourth-order valence-corrected chi connectivity index (χ4v) is 2.52. The summed E-state index contributed by atoms with van der Waals surface area (Å²) in [5, 5.41) is 3.83. The third kappa shape index (κ3) is 5.34. The number of nitrogens with one attached hydrogen (secondary N) is 1. The fraction of sp³-hybridized carbons (Fsp3) is 0.158. The molecule has 0 saturated heterocycles. The zero-order valence-corrected chi connectivity index (χ0v) is 15.3. The van der Waals surface area contributed by atoms with E-state index in [0.29, 0.717) is 27.0 Å². The van der Waals surface area contributed by atoms with Crippen LogP contribution >= 0.6 is 23.2 Å². The van der Waals surface area contributed by atoms with E-state index in [-0.39, 0.29) is 6.10 Å². The van der Waals surface area contributed by atoms with Crippen molar-refractivity contribution in [3.05, 3.63) is 70.2 Å². The van der Waals surface area contributed by atoms with Crippen LogP contribution in [0.2, 0.25) is 10.0 Å². The highest BCUT2D eigenvalue weighted by Crippen LogP contribution is 2.32. The second-order valence-corrected chi connectivity index (χ2v) is 6.28. The highest BCUT2D eigenvalue weighted by atomic mass is 35.5. The molecule has 0 heterocycles. The largest absolute Gasteiger partial charge is 0.457 e. The summed E-state index contributed by atoms with van der Waals surface area (Å²) in [6.07, 6.45) is 0.802. The van der Waals surface area contributed by atoms with Crippen LogP contribution in [0.3, 0.4) is 0 Å². The number of halogens is 2. The molecule has 0 aliphatic carbocycles. The molecule has 0 atom stereocenters. The number of ether oxygens (including phenoxy) is 1. The molecule has 0 unspecified atom stereocenters. The van der Waals surface area contributed by atoms with Gasteiger partial charge in [-0.05, 0) is 31.5 Å². The summed E-state index contributed by atoms with van der Waals surface area (Å²) in [6, 6.07) is 14.1. The van der Waals surface area contributed by atoms with Gasteiger partial charge in [-0.1, -0.05) is 59.6 Å². The van der Waals surface area contributed by atoms with Crippen molar-refractivity contribution in [1.29, 1.82) is 0 Å². The number of anilines is 1. The van der Waals surface area contributed by atoms with Crippen molar-refractivity contribution in [1.82, 2.24) is 0 Å². The first-order valence-electron chi connectivity index (χ1n) is 7.61. The number of esters is 1. The van der Waals surface area contributed by atoms with Crippen molar-refractivity contribution in [2.24, 2.45) is 0 Å². The molecule has 0 amide bonds. The Hall–Kier alpha value is -2.30. The highest BCUT2D eigenvalue weighted by molar-refractivity contribution is 6.41. The topological polar surface area (TPSA) is 55.4 Å². The van der Waals surface area contributed by atoms with Gasteiger partial charge in [0, 0.05) is 6.08 Å². The number of ketones is 1. The number of hydrogen-bond acceptors (Lipinski definition) is 4. The first-order valence-corrected chi connectivity index (χ1v) is 8.37. The van der Waals surface area contributed by atoms with E-state index in [0.717, 1.165) is 0 Å².